The summed E-state index contributed by atoms with van der Waals surface area (Å²) in [5.74, 6) is -0.0376. The van der Waals surface area contributed by atoms with Crippen molar-refractivity contribution in [1.29, 1.82) is 0 Å². The molecular weight excluding hydrogens is 437 g/mol. The predicted molar refractivity (Wildman–Crippen MR) is 120 cm³/mol. The van der Waals surface area contributed by atoms with Crippen LogP contribution in [-0.2, 0) is 11.0 Å². The lowest BCUT2D eigenvalue weighted by Crippen LogP contribution is -2.09. The first kappa shape index (κ1) is 23.5. The molecule has 0 bridgehead atoms. The van der Waals surface area contributed by atoms with Crippen molar-refractivity contribution in [2.75, 3.05) is 12.4 Å². The van der Waals surface area contributed by atoms with Crippen molar-refractivity contribution in [3.63, 3.8) is 0 Å². The number of aryl methyl sites for hydroxylation is 1. The van der Waals surface area contributed by atoms with Gasteiger partial charge in [-0.25, -0.2) is 4.79 Å². The minimum absolute atomic E-state index is 0.411. The molecule has 7 heteroatoms. The molecule has 0 spiro atoms. The third-order valence-electron chi connectivity index (χ3n) is 4.62. The van der Waals surface area contributed by atoms with Crippen LogP contribution in [0.15, 0.2) is 83.8 Å². The largest absolute Gasteiger partial charge is 0.482 e. The second-order valence-electron chi connectivity index (χ2n) is 6.98. The van der Waals surface area contributed by atoms with Crippen molar-refractivity contribution in [3.8, 4) is 5.75 Å². The summed E-state index contributed by atoms with van der Waals surface area (Å²) in [5, 5.41) is 8.72. The third-order valence-corrected chi connectivity index (χ3v) is 5.72. The summed E-state index contributed by atoms with van der Waals surface area (Å²) >= 11 is 1.54. The Morgan fingerprint density at radius 3 is 2.38 bits per heavy atom. The van der Waals surface area contributed by atoms with E-state index in [1.807, 2.05) is 49.4 Å². The van der Waals surface area contributed by atoms with E-state index in [0.717, 1.165) is 27.7 Å². The van der Waals surface area contributed by atoms with Gasteiger partial charge < -0.3 is 9.84 Å². The van der Waals surface area contributed by atoms with Gasteiger partial charge in [-0.15, -0.1) is 11.8 Å². The molecule has 3 aromatic carbocycles. The van der Waals surface area contributed by atoms with Crippen LogP contribution in [0.2, 0.25) is 0 Å². The molecule has 0 unspecified atom stereocenters. The lowest BCUT2D eigenvalue weighted by atomic mass is 9.96. The molecular formula is C25H21F3O3S. The van der Waals surface area contributed by atoms with Crippen molar-refractivity contribution >= 4 is 23.3 Å². The van der Waals surface area contributed by atoms with Gasteiger partial charge in [0.15, 0.2) is 6.61 Å². The highest BCUT2D eigenvalue weighted by atomic mass is 32.2. The van der Waals surface area contributed by atoms with Crippen molar-refractivity contribution < 1.29 is 27.8 Å². The Morgan fingerprint density at radius 2 is 1.72 bits per heavy atom. The monoisotopic (exact) mass is 458 g/mol. The van der Waals surface area contributed by atoms with Gasteiger partial charge in [0.2, 0.25) is 0 Å². The molecule has 0 saturated heterocycles. The molecule has 0 aliphatic heterocycles. The zero-order valence-electron chi connectivity index (χ0n) is 17.2. The summed E-state index contributed by atoms with van der Waals surface area (Å²) in [6, 6.07) is 20.0. The molecule has 0 amide bonds. The number of hydrogen-bond acceptors (Lipinski definition) is 3. The molecule has 3 aromatic rings. The van der Waals surface area contributed by atoms with Crippen LogP contribution in [0.5, 0.6) is 5.75 Å². The van der Waals surface area contributed by atoms with Gasteiger partial charge in [0.1, 0.15) is 5.75 Å². The standard InChI is InChI=1S/C25H21F3O3S/c1-17-14-21(31-16-24(29)30)10-11-23(17)32-13-12-22(18-6-3-2-4-7-18)19-8-5-9-20(15-19)25(26,27)28/h2-12,14-15H,13,16H2,1H3,(H,29,30). The second-order valence-corrected chi connectivity index (χ2v) is 8.04. The Balaban J connectivity index is 1.83. The van der Waals surface area contributed by atoms with E-state index in [2.05, 4.69) is 0 Å². The molecule has 3 nitrogen and oxygen atoms in total. The van der Waals surface area contributed by atoms with Gasteiger partial charge in [-0.1, -0.05) is 48.5 Å². The lowest BCUT2D eigenvalue weighted by Gasteiger charge is -2.13. The van der Waals surface area contributed by atoms with Crippen LogP contribution in [0.4, 0.5) is 13.2 Å². The number of rotatable bonds is 8. The van der Waals surface area contributed by atoms with Gasteiger partial charge in [-0.2, -0.15) is 13.2 Å². The number of carboxylic acid groups (broad SMARTS) is 1. The second kappa shape index (κ2) is 10.4. The summed E-state index contributed by atoms with van der Waals surface area (Å²) in [5.41, 5.74) is 2.30. The van der Waals surface area contributed by atoms with Crippen molar-refractivity contribution in [2.45, 2.75) is 18.0 Å². The molecule has 0 heterocycles. The van der Waals surface area contributed by atoms with Gasteiger partial charge in [-0.05, 0) is 59.5 Å². The molecule has 0 atom stereocenters. The Labute approximate surface area is 188 Å². The summed E-state index contributed by atoms with van der Waals surface area (Å²) in [6.07, 6.45) is -2.49. The van der Waals surface area contributed by atoms with E-state index in [1.54, 1.807) is 18.2 Å². The van der Waals surface area contributed by atoms with E-state index in [4.69, 9.17) is 9.84 Å². The smallest absolute Gasteiger partial charge is 0.416 e. The van der Waals surface area contributed by atoms with Crippen LogP contribution in [0.1, 0.15) is 22.3 Å². The molecule has 3 rings (SSSR count). The Morgan fingerprint density at radius 1 is 1.00 bits per heavy atom. The number of aliphatic carboxylic acids is 1. The fourth-order valence-electron chi connectivity index (χ4n) is 3.12. The SMILES string of the molecule is Cc1cc(OCC(=O)O)ccc1SCC=C(c1ccccc1)c1cccc(C(F)(F)F)c1. The molecule has 0 aromatic heterocycles. The van der Waals surface area contributed by atoms with Crippen LogP contribution in [0.25, 0.3) is 5.57 Å². The summed E-state index contributed by atoms with van der Waals surface area (Å²) in [4.78, 5) is 11.6. The highest BCUT2D eigenvalue weighted by molar-refractivity contribution is 7.99. The first-order chi connectivity index (χ1) is 15.2. The van der Waals surface area contributed by atoms with E-state index in [9.17, 15) is 18.0 Å². The average Bonchev–Trinajstić information content (AvgIpc) is 2.76. The molecule has 0 saturated carbocycles. The molecule has 1 N–H and O–H groups in total. The van der Waals surface area contributed by atoms with E-state index < -0.39 is 24.3 Å². The lowest BCUT2D eigenvalue weighted by molar-refractivity contribution is -0.139. The molecule has 0 aliphatic carbocycles. The maximum Gasteiger partial charge on any atom is 0.416 e. The van der Waals surface area contributed by atoms with Crippen LogP contribution < -0.4 is 4.74 Å². The van der Waals surface area contributed by atoms with Crippen molar-refractivity contribution in [3.05, 3.63) is 101 Å². The summed E-state index contributed by atoms with van der Waals surface area (Å²) in [6.45, 7) is 1.48. The number of benzene rings is 3. The number of alkyl halides is 3. The van der Waals surface area contributed by atoms with Crippen LogP contribution in [0.3, 0.4) is 0 Å². The Kier molecular flexibility index (Phi) is 7.64. The maximum atomic E-state index is 13.2. The normalized spacial score (nSPS) is 11.9. The number of thioether (sulfide) groups is 1. The molecule has 0 fully saturated rings. The van der Waals surface area contributed by atoms with Crippen LogP contribution in [0, 0.1) is 6.92 Å². The quantitative estimate of drug-likeness (QED) is 0.382. The molecule has 166 valence electrons. The van der Waals surface area contributed by atoms with Gasteiger partial charge in [-0.3, -0.25) is 0 Å². The number of hydrogen-bond donors (Lipinski definition) is 1. The van der Waals surface area contributed by atoms with Crippen molar-refractivity contribution in [1.82, 2.24) is 0 Å². The van der Waals surface area contributed by atoms with Gasteiger partial charge in [0.05, 0.1) is 5.56 Å². The van der Waals surface area contributed by atoms with Gasteiger partial charge in [0, 0.05) is 10.6 Å². The molecule has 0 aliphatic rings. The Hall–Kier alpha value is -3.19. The van der Waals surface area contributed by atoms with E-state index in [-0.39, 0.29) is 0 Å². The minimum Gasteiger partial charge on any atom is -0.482 e. The first-order valence-corrected chi connectivity index (χ1v) is 10.7. The highest BCUT2D eigenvalue weighted by Gasteiger charge is 2.30. The zero-order chi connectivity index (χ0) is 23.1. The van der Waals surface area contributed by atoms with Crippen LogP contribution >= 0.6 is 11.8 Å². The summed E-state index contributed by atoms with van der Waals surface area (Å²) < 4.78 is 44.8. The first-order valence-electron chi connectivity index (χ1n) is 9.75. The molecule has 0 radical (unpaired) electrons. The van der Waals surface area contributed by atoms with E-state index in [0.29, 0.717) is 17.1 Å². The van der Waals surface area contributed by atoms with E-state index in [1.165, 1.54) is 23.9 Å². The van der Waals surface area contributed by atoms with Gasteiger partial charge >= 0.3 is 12.1 Å². The number of halogens is 3. The number of ether oxygens (including phenoxy) is 1. The predicted octanol–water partition coefficient (Wildman–Crippen LogP) is 6.70. The number of carbonyl (C=O) groups is 1. The maximum absolute atomic E-state index is 13.2. The topological polar surface area (TPSA) is 46.5 Å². The Bertz CT molecular complexity index is 1110. The number of carboxylic acids is 1. The fourth-order valence-corrected chi connectivity index (χ4v) is 4.00. The highest BCUT2D eigenvalue weighted by Crippen LogP contribution is 2.33. The van der Waals surface area contributed by atoms with Gasteiger partial charge in [0.25, 0.3) is 0 Å². The molecule has 32 heavy (non-hydrogen) atoms. The third kappa shape index (κ3) is 6.40. The zero-order valence-corrected chi connectivity index (χ0v) is 18.0. The van der Waals surface area contributed by atoms with Crippen molar-refractivity contribution in [2.24, 2.45) is 0 Å². The van der Waals surface area contributed by atoms with Crippen LogP contribution in [-0.4, -0.2) is 23.4 Å². The average molecular weight is 459 g/mol. The summed E-state index contributed by atoms with van der Waals surface area (Å²) in [7, 11) is 0. The van der Waals surface area contributed by atoms with E-state index >= 15 is 0 Å². The fraction of sp³-hybridized carbons (Fsp3) is 0.160. The minimum atomic E-state index is -4.41.